The summed E-state index contributed by atoms with van der Waals surface area (Å²) in [5.74, 6) is -1.40. The number of esters is 2. The maximum atomic E-state index is 12.7. The van der Waals surface area contributed by atoms with Crippen molar-refractivity contribution in [2.45, 2.75) is 53.1 Å². The highest BCUT2D eigenvalue weighted by atomic mass is 16.5. The number of rotatable bonds is 6. The highest BCUT2D eigenvalue weighted by Crippen LogP contribution is 2.24. The van der Waals surface area contributed by atoms with Crippen molar-refractivity contribution in [1.82, 2.24) is 4.98 Å². The fourth-order valence-electron chi connectivity index (χ4n) is 3.70. The summed E-state index contributed by atoms with van der Waals surface area (Å²) in [7, 11) is 0. The number of fused-ring (bicyclic) bond motifs is 1. The quantitative estimate of drug-likeness (QED) is 0.607. The Kier molecular flexibility index (Phi) is 5.68. The molecule has 28 heavy (non-hydrogen) atoms. The highest BCUT2D eigenvalue weighted by Gasteiger charge is 2.27. The standard InChI is InChI=1S/C22H25NO5/c1-5-27-22(26)19-12(2)18(13(3)23-19)21(25)28-14(4)20(24)17-10-9-15-7-6-8-16(15)11-17/h9-11,14,23H,5-8H2,1-4H3/t14-/m0/s1. The first-order chi connectivity index (χ1) is 13.3. The first kappa shape index (κ1) is 19.9. The van der Waals surface area contributed by atoms with Crippen LogP contribution in [0.3, 0.4) is 0 Å². The Hall–Kier alpha value is -2.89. The van der Waals surface area contributed by atoms with Crippen molar-refractivity contribution in [3.8, 4) is 0 Å². The van der Waals surface area contributed by atoms with Crippen LogP contribution in [-0.2, 0) is 22.3 Å². The van der Waals surface area contributed by atoms with E-state index in [0.29, 0.717) is 16.8 Å². The largest absolute Gasteiger partial charge is 0.461 e. The topological polar surface area (TPSA) is 85.5 Å². The first-order valence-electron chi connectivity index (χ1n) is 9.56. The zero-order chi connectivity index (χ0) is 20.4. The molecule has 0 bridgehead atoms. The minimum absolute atomic E-state index is 0.226. The Morgan fingerprint density at radius 2 is 1.82 bits per heavy atom. The van der Waals surface area contributed by atoms with Crippen molar-refractivity contribution in [3.05, 3.63) is 57.4 Å². The summed E-state index contributed by atoms with van der Waals surface area (Å²) in [5, 5.41) is 0. The lowest BCUT2D eigenvalue weighted by molar-refractivity contribution is 0.0317. The molecule has 0 saturated carbocycles. The van der Waals surface area contributed by atoms with Gasteiger partial charge in [-0.05, 0) is 69.7 Å². The fraction of sp³-hybridized carbons (Fsp3) is 0.409. The van der Waals surface area contributed by atoms with Gasteiger partial charge in [-0.25, -0.2) is 9.59 Å². The van der Waals surface area contributed by atoms with E-state index < -0.39 is 18.0 Å². The van der Waals surface area contributed by atoms with Gasteiger partial charge in [-0.1, -0.05) is 12.1 Å². The van der Waals surface area contributed by atoms with Crippen LogP contribution < -0.4 is 0 Å². The number of hydrogen-bond donors (Lipinski definition) is 1. The summed E-state index contributed by atoms with van der Waals surface area (Å²) in [6.07, 6.45) is 2.20. The molecule has 6 nitrogen and oxygen atoms in total. The second-order valence-corrected chi connectivity index (χ2v) is 7.09. The molecule has 148 valence electrons. The van der Waals surface area contributed by atoms with E-state index in [1.54, 1.807) is 33.8 Å². The van der Waals surface area contributed by atoms with E-state index in [9.17, 15) is 14.4 Å². The maximum absolute atomic E-state index is 12.7. The molecule has 1 atom stereocenters. The Labute approximate surface area is 164 Å². The molecule has 3 rings (SSSR count). The summed E-state index contributed by atoms with van der Waals surface area (Å²) in [6, 6.07) is 5.68. The Morgan fingerprint density at radius 3 is 2.54 bits per heavy atom. The third kappa shape index (κ3) is 3.72. The van der Waals surface area contributed by atoms with Crippen molar-refractivity contribution in [2.24, 2.45) is 0 Å². The molecule has 1 aliphatic carbocycles. The van der Waals surface area contributed by atoms with E-state index >= 15 is 0 Å². The number of aryl methyl sites for hydroxylation is 3. The third-order valence-electron chi connectivity index (χ3n) is 5.16. The van der Waals surface area contributed by atoms with Crippen LogP contribution in [0.25, 0.3) is 0 Å². The number of ketones is 1. The van der Waals surface area contributed by atoms with Crippen LogP contribution in [0.15, 0.2) is 18.2 Å². The summed E-state index contributed by atoms with van der Waals surface area (Å²) in [4.78, 5) is 40.3. The maximum Gasteiger partial charge on any atom is 0.355 e. The predicted molar refractivity (Wildman–Crippen MR) is 104 cm³/mol. The number of ether oxygens (including phenoxy) is 2. The lowest BCUT2D eigenvalue weighted by Crippen LogP contribution is -2.25. The van der Waals surface area contributed by atoms with E-state index in [-0.39, 0.29) is 23.6 Å². The number of aromatic amines is 1. The van der Waals surface area contributed by atoms with Crippen LogP contribution in [0.2, 0.25) is 0 Å². The van der Waals surface area contributed by atoms with Crippen molar-refractivity contribution in [1.29, 1.82) is 0 Å². The Balaban J connectivity index is 1.75. The van der Waals surface area contributed by atoms with Crippen molar-refractivity contribution in [2.75, 3.05) is 6.61 Å². The molecule has 0 saturated heterocycles. The average Bonchev–Trinajstić information content (AvgIpc) is 3.24. The van der Waals surface area contributed by atoms with Gasteiger partial charge in [0.2, 0.25) is 5.78 Å². The number of nitrogens with one attached hydrogen (secondary N) is 1. The van der Waals surface area contributed by atoms with Gasteiger partial charge >= 0.3 is 11.9 Å². The van der Waals surface area contributed by atoms with Gasteiger partial charge in [-0.15, -0.1) is 0 Å². The second-order valence-electron chi connectivity index (χ2n) is 7.09. The lowest BCUT2D eigenvalue weighted by Gasteiger charge is -2.13. The molecule has 0 spiro atoms. The molecule has 1 aromatic heterocycles. The SMILES string of the molecule is CCOC(=O)c1[nH]c(C)c(C(=O)O[C@@H](C)C(=O)c2ccc3c(c2)CCC3)c1C. The molecule has 1 aromatic carbocycles. The molecule has 0 amide bonds. The van der Waals surface area contributed by atoms with Gasteiger partial charge in [0, 0.05) is 11.3 Å². The van der Waals surface area contributed by atoms with Crippen molar-refractivity contribution in [3.63, 3.8) is 0 Å². The molecule has 0 unspecified atom stereocenters. The number of aromatic nitrogens is 1. The van der Waals surface area contributed by atoms with Crippen LogP contribution >= 0.6 is 0 Å². The molecule has 1 N–H and O–H groups in total. The normalized spacial score (nSPS) is 13.7. The summed E-state index contributed by atoms with van der Waals surface area (Å²) in [6.45, 7) is 6.85. The monoisotopic (exact) mass is 383 g/mol. The van der Waals surface area contributed by atoms with Crippen LogP contribution in [0, 0.1) is 13.8 Å². The van der Waals surface area contributed by atoms with Crippen LogP contribution in [0.1, 0.15) is 73.9 Å². The van der Waals surface area contributed by atoms with E-state index in [1.165, 1.54) is 11.1 Å². The Morgan fingerprint density at radius 1 is 1.11 bits per heavy atom. The molecular formula is C22H25NO5. The minimum atomic E-state index is -0.924. The van der Waals surface area contributed by atoms with Gasteiger partial charge < -0.3 is 14.5 Å². The Bertz CT molecular complexity index is 941. The molecule has 0 radical (unpaired) electrons. The van der Waals surface area contributed by atoms with Crippen molar-refractivity contribution >= 4 is 17.7 Å². The van der Waals surface area contributed by atoms with Gasteiger partial charge in [-0.3, -0.25) is 4.79 Å². The van der Waals surface area contributed by atoms with E-state index in [2.05, 4.69) is 4.98 Å². The van der Waals surface area contributed by atoms with Gasteiger partial charge in [0.15, 0.2) is 6.10 Å². The molecule has 0 fully saturated rings. The molecule has 2 aromatic rings. The number of carbonyl (C=O) groups excluding carboxylic acids is 3. The van der Waals surface area contributed by atoms with E-state index in [0.717, 1.165) is 19.3 Å². The molecular weight excluding hydrogens is 358 g/mol. The van der Waals surface area contributed by atoms with Gasteiger partial charge in [0.25, 0.3) is 0 Å². The number of benzene rings is 1. The zero-order valence-corrected chi connectivity index (χ0v) is 16.7. The number of Topliss-reactive ketones (excluding diaryl/α,β-unsaturated/α-hetero) is 1. The van der Waals surface area contributed by atoms with Crippen LogP contribution in [-0.4, -0.2) is 35.4 Å². The lowest BCUT2D eigenvalue weighted by atomic mass is 10.0. The molecule has 1 aliphatic rings. The van der Waals surface area contributed by atoms with Crippen LogP contribution in [0.5, 0.6) is 0 Å². The van der Waals surface area contributed by atoms with Crippen molar-refractivity contribution < 1.29 is 23.9 Å². The molecule has 6 heteroatoms. The second kappa shape index (κ2) is 8.00. The smallest absolute Gasteiger partial charge is 0.355 e. The van der Waals surface area contributed by atoms with Gasteiger partial charge in [0.1, 0.15) is 5.69 Å². The van der Waals surface area contributed by atoms with E-state index in [4.69, 9.17) is 9.47 Å². The minimum Gasteiger partial charge on any atom is -0.461 e. The third-order valence-corrected chi connectivity index (χ3v) is 5.16. The van der Waals surface area contributed by atoms with Gasteiger partial charge in [0.05, 0.1) is 12.2 Å². The first-order valence-corrected chi connectivity index (χ1v) is 9.56. The molecule has 0 aliphatic heterocycles. The number of H-pyrrole nitrogens is 1. The predicted octanol–water partition coefficient (Wildman–Crippen LogP) is 3.73. The average molecular weight is 383 g/mol. The van der Waals surface area contributed by atoms with Gasteiger partial charge in [-0.2, -0.15) is 0 Å². The summed E-state index contributed by atoms with van der Waals surface area (Å²) >= 11 is 0. The zero-order valence-electron chi connectivity index (χ0n) is 16.7. The summed E-state index contributed by atoms with van der Waals surface area (Å²) < 4.78 is 10.4. The fourth-order valence-corrected chi connectivity index (χ4v) is 3.70. The van der Waals surface area contributed by atoms with Crippen LogP contribution in [0.4, 0.5) is 0 Å². The number of carbonyl (C=O) groups is 3. The molecule has 1 heterocycles. The summed E-state index contributed by atoms with van der Waals surface area (Å²) in [5.41, 5.74) is 4.48. The van der Waals surface area contributed by atoms with E-state index in [1.807, 2.05) is 12.1 Å². The number of hydrogen-bond acceptors (Lipinski definition) is 5. The highest BCUT2D eigenvalue weighted by molar-refractivity contribution is 6.03.